The lowest BCUT2D eigenvalue weighted by Crippen LogP contribution is -2.41. The van der Waals surface area contributed by atoms with Gasteiger partial charge in [-0.25, -0.2) is 9.78 Å². The number of alkyl carbamates (subject to hydrolysis) is 1. The van der Waals surface area contributed by atoms with Crippen molar-refractivity contribution < 1.29 is 23.6 Å². The van der Waals surface area contributed by atoms with Gasteiger partial charge in [-0.1, -0.05) is 44.5 Å². The topological polar surface area (TPSA) is 106 Å². The van der Waals surface area contributed by atoms with Crippen molar-refractivity contribution in [1.82, 2.24) is 20.2 Å². The summed E-state index contributed by atoms with van der Waals surface area (Å²) in [6, 6.07) is 8.18. The number of aromatic amines is 1. The normalized spacial score (nSPS) is 17.4. The fraction of sp³-hybridized carbons (Fsp3) is 0.577. The maximum Gasteiger partial charge on any atom is 0.494 e. The highest BCUT2D eigenvalue weighted by atomic mass is 16.7. The van der Waals surface area contributed by atoms with Crippen molar-refractivity contribution in [2.24, 2.45) is 0 Å². The Hall–Kier alpha value is -2.85. The average molecular weight is 500 g/mol. The van der Waals surface area contributed by atoms with Crippen LogP contribution >= 0.6 is 0 Å². The van der Waals surface area contributed by atoms with Crippen LogP contribution in [0.25, 0.3) is 11.3 Å². The lowest BCUT2D eigenvalue weighted by Gasteiger charge is -2.32. The summed E-state index contributed by atoms with van der Waals surface area (Å²) >= 11 is 0. The molecule has 2 aromatic rings. The van der Waals surface area contributed by atoms with E-state index in [9.17, 15) is 9.59 Å². The molecule has 2 aliphatic heterocycles. The van der Waals surface area contributed by atoms with Gasteiger partial charge in [0.1, 0.15) is 6.54 Å². The van der Waals surface area contributed by atoms with E-state index in [4.69, 9.17) is 9.31 Å². The third kappa shape index (κ3) is 8.10. The summed E-state index contributed by atoms with van der Waals surface area (Å²) in [7, 11) is 0.964. The zero-order valence-electron chi connectivity index (χ0n) is 22.7. The third-order valence-corrected chi connectivity index (χ3v) is 6.27. The molecule has 3 heterocycles. The molecule has 0 aliphatic carbocycles. The van der Waals surface area contributed by atoms with Crippen LogP contribution in [-0.4, -0.2) is 71.9 Å². The Morgan fingerprint density at radius 1 is 1.08 bits per heavy atom. The molecule has 0 saturated carbocycles. The molecule has 2 aliphatic rings. The summed E-state index contributed by atoms with van der Waals surface area (Å²) in [5.74, 6) is -0.0390. The van der Waals surface area contributed by atoms with Crippen LogP contribution in [0.4, 0.5) is 4.79 Å². The van der Waals surface area contributed by atoms with Gasteiger partial charge in [-0.2, -0.15) is 0 Å². The number of amides is 2. The smallest absolute Gasteiger partial charge is 0.453 e. The molecule has 0 bridgehead atoms. The summed E-state index contributed by atoms with van der Waals surface area (Å²) in [4.78, 5) is 30.8. The molecule has 2 saturated heterocycles. The molecule has 10 heteroatoms. The van der Waals surface area contributed by atoms with Gasteiger partial charge in [-0.15, -0.1) is 0 Å². The Kier molecular flexibility index (Phi) is 11.0. The summed E-state index contributed by atoms with van der Waals surface area (Å²) in [6.45, 7) is 14.1. The van der Waals surface area contributed by atoms with E-state index in [1.807, 2.05) is 30.5 Å². The van der Waals surface area contributed by atoms with Crippen molar-refractivity contribution in [3.63, 3.8) is 0 Å². The molecular weight excluding hydrogens is 459 g/mol. The number of ether oxygens (including phenoxy) is 1. The second kappa shape index (κ2) is 13.5. The minimum Gasteiger partial charge on any atom is -0.453 e. The highest BCUT2D eigenvalue weighted by Crippen LogP contribution is 2.36. The number of hydrogen-bond donors (Lipinski definition) is 2. The van der Waals surface area contributed by atoms with Crippen molar-refractivity contribution in [2.75, 3.05) is 26.7 Å². The monoisotopic (exact) mass is 500 g/mol. The first-order chi connectivity index (χ1) is 17.0. The second-order valence-electron chi connectivity index (χ2n) is 9.82. The fourth-order valence-corrected chi connectivity index (χ4v) is 3.51. The number of rotatable bonds is 4. The van der Waals surface area contributed by atoms with Crippen molar-refractivity contribution >= 4 is 24.6 Å². The van der Waals surface area contributed by atoms with E-state index in [-0.39, 0.29) is 30.8 Å². The second-order valence-corrected chi connectivity index (χ2v) is 9.82. The van der Waals surface area contributed by atoms with Crippen LogP contribution < -0.4 is 10.8 Å². The lowest BCUT2D eigenvalue weighted by atomic mass is 9.79. The maximum absolute atomic E-state index is 11.3. The minimum atomic E-state index is -0.562. The molecule has 0 spiro atoms. The van der Waals surface area contributed by atoms with Crippen LogP contribution in [0.2, 0.25) is 0 Å². The summed E-state index contributed by atoms with van der Waals surface area (Å²) in [5, 5.41) is 2.36. The standard InChI is InChI=1S/C15H19BN2O2.C8H14N2O3.C3H8/c1-14(2)15(3,4)20-16(19-14)12-7-5-11(6-8-12)13-9-17-10-18-13;1-13-8(12)9-6-7(11)10-4-2-3-5-10;1-3-2/h5-10H,1-4H3,(H,17,18);2-6H2,1H3,(H,9,12);3H2,1-2H3. The molecular formula is C26H41BN4O5. The largest absolute Gasteiger partial charge is 0.494 e. The predicted molar refractivity (Wildman–Crippen MR) is 142 cm³/mol. The van der Waals surface area contributed by atoms with Crippen molar-refractivity contribution in [3.8, 4) is 11.3 Å². The van der Waals surface area contributed by atoms with E-state index in [2.05, 4.69) is 61.6 Å². The number of methoxy groups -OCH3 is 1. The molecule has 4 rings (SSSR count). The molecule has 2 fully saturated rings. The number of nitrogens with zero attached hydrogens (tertiary/aromatic N) is 2. The molecule has 2 amide bonds. The van der Waals surface area contributed by atoms with Gasteiger partial charge < -0.3 is 29.2 Å². The first-order valence-corrected chi connectivity index (χ1v) is 12.6. The number of hydrogen-bond acceptors (Lipinski definition) is 6. The first kappa shape index (κ1) is 29.4. The summed E-state index contributed by atoms with van der Waals surface area (Å²) in [6.07, 6.45) is 6.29. The maximum atomic E-state index is 11.3. The van der Waals surface area contributed by atoms with Crippen LogP contribution in [0.3, 0.4) is 0 Å². The Morgan fingerprint density at radius 3 is 2.11 bits per heavy atom. The predicted octanol–water partition coefficient (Wildman–Crippen LogP) is 3.76. The lowest BCUT2D eigenvalue weighted by molar-refractivity contribution is -0.129. The zero-order chi connectivity index (χ0) is 26.8. The van der Waals surface area contributed by atoms with Crippen LogP contribution in [0.1, 0.15) is 60.8 Å². The minimum absolute atomic E-state index is 0.0344. The van der Waals surface area contributed by atoms with E-state index < -0.39 is 6.09 Å². The molecule has 0 unspecified atom stereocenters. The van der Waals surface area contributed by atoms with Crippen LogP contribution in [0.5, 0.6) is 0 Å². The molecule has 2 N–H and O–H groups in total. The quantitative estimate of drug-likeness (QED) is 0.620. The molecule has 0 atom stereocenters. The van der Waals surface area contributed by atoms with E-state index in [1.54, 1.807) is 11.2 Å². The van der Waals surface area contributed by atoms with Crippen LogP contribution in [-0.2, 0) is 18.8 Å². The van der Waals surface area contributed by atoms with Crippen LogP contribution in [0.15, 0.2) is 36.8 Å². The number of benzene rings is 1. The van der Waals surface area contributed by atoms with Crippen molar-refractivity contribution in [3.05, 3.63) is 36.8 Å². The van der Waals surface area contributed by atoms with Gasteiger partial charge in [-0.3, -0.25) is 4.79 Å². The van der Waals surface area contributed by atoms with Crippen molar-refractivity contribution in [1.29, 1.82) is 0 Å². The van der Waals surface area contributed by atoms with Gasteiger partial charge >= 0.3 is 13.2 Å². The molecule has 1 aromatic heterocycles. The highest BCUT2D eigenvalue weighted by molar-refractivity contribution is 6.62. The number of nitrogens with one attached hydrogen (secondary N) is 2. The van der Waals surface area contributed by atoms with Crippen LogP contribution in [0, 0.1) is 0 Å². The zero-order valence-corrected chi connectivity index (χ0v) is 22.7. The van der Waals surface area contributed by atoms with Gasteiger partial charge in [0.25, 0.3) is 0 Å². The molecule has 9 nitrogen and oxygen atoms in total. The number of H-pyrrole nitrogens is 1. The number of carbonyl (C=O) groups excluding carboxylic acids is 2. The number of aromatic nitrogens is 2. The van der Waals surface area contributed by atoms with Gasteiger partial charge in [0.05, 0.1) is 36.5 Å². The Morgan fingerprint density at radius 2 is 1.64 bits per heavy atom. The SMILES string of the molecule is CC1(C)OB(c2ccc(-c3cnc[nH]3)cc2)OC1(C)C.CCC.COC(=O)NCC(=O)N1CCCC1. The van der Waals surface area contributed by atoms with E-state index in [1.165, 1.54) is 13.5 Å². The first-order valence-electron chi connectivity index (χ1n) is 12.6. The number of likely N-dealkylation sites (tertiary alicyclic amines) is 1. The van der Waals surface area contributed by atoms with Gasteiger partial charge in [0.15, 0.2) is 0 Å². The molecule has 1 aromatic carbocycles. The Labute approximate surface area is 215 Å². The Bertz CT molecular complexity index is 926. The summed E-state index contributed by atoms with van der Waals surface area (Å²) in [5.41, 5.74) is 2.53. The van der Waals surface area contributed by atoms with Gasteiger partial charge in [-0.05, 0) is 51.6 Å². The fourth-order valence-electron chi connectivity index (χ4n) is 3.51. The van der Waals surface area contributed by atoms with Gasteiger partial charge in [0.2, 0.25) is 5.91 Å². The average Bonchev–Trinajstić information content (AvgIpc) is 3.60. The van der Waals surface area contributed by atoms with Gasteiger partial charge in [0, 0.05) is 13.1 Å². The van der Waals surface area contributed by atoms with E-state index >= 15 is 0 Å². The van der Waals surface area contributed by atoms with E-state index in [0.717, 1.165) is 42.7 Å². The van der Waals surface area contributed by atoms with E-state index in [0.29, 0.717) is 0 Å². The molecule has 0 radical (unpaired) electrons. The molecule has 36 heavy (non-hydrogen) atoms. The Balaban J connectivity index is 0.000000247. The summed E-state index contributed by atoms with van der Waals surface area (Å²) < 4.78 is 16.4. The third-order valence-electron chi connectivity index (χ3n) is 6.27. The number of imidazole rings is 1. The molecule has 198 valence electrons. The number of carbonyl (C=O) groups is 2. The van der Waals surface area contributed by atoms with Crippen molar-refractivity contribution in [2.45, 2.75) is 72.0 Å². The highest BCUT2D eigenvalue weighted by Gasteiger charge is 2.51.